The van der Waals surface area contributed by atoms with Crippen molar-refractivity contribution in [3.05, 3.63) is 0 Å². The average Bonchev–Trinajstić information content (AvgIpc) is 3.04. The molecule has 0 heterocycles. The van der Waals surface area contributed by atoms with Crippen LogP contribution >= 0.6 is 0 Å². The van der Waals surface area contributed by atoms with Crippen LogP contribution in [0.3, 0.4) is 0 Å². The highest BCUT2D eigenvalue weighted by Crippen LogP contribution is 2.31. The number of carbonyl (C=O) groups is 1. The maximum absolute atomic E-state index is 11.6. The maximum Gasteiger partial charge on any atom is 0.239 e. The third-order valence-electron chi connectivity index (χ3n) is 2.70. The summed E-state index contributed by atoms with van der Waals surface area (Å²) in [6.07, 6.45) is 3.91. The summed E-state index contributed by atoms with van der Waals surface area (Å²) in [5.41, 5.74) is -0.193. The number of carbonyl (C=O) groups excluding carboxylic acids is 1. The highest BCUT2D eigenvalue weighted by Gasteiger charge is 2.20. The molecular formula is C13H26N4O. The Kier molecular flexibility index (Phi) is 5.44. The summed E-state index contributed by atoms with van der Waals surface area (Å²) in [5.74, 6) is 1.58. The highest BCUT2D eigenvalue weighted by molar-refractivity contribution is 5.86. The first-order valence-corrected chi connectivity index (χ1v) is 6.66. The standard InChI is InChI=1S/C13H26N4O/c1-13(2,3)17-11(18)9-16-12(14-4)15-8-7-10-5-6-10/h10H,5-9H2,1-4H3,(H,17,18)(H2,14,15,16). The molecule has 104 valence electrons. The lowest BCUT2D eigenvalue weighted by Crippen LogP contribution is -2.48. The average molecular weight is 254 g/mol. The van der Waals surface area contributed by atoms with Crippen LogP contribution in [0.2, 0.25) is 0 Å². The van der Waals surface area contributed by atoms with E-state index in [0.29, 0.717) is 5.96 Å². The smallest absolute Gasteiger partial charge is 0.239 e. The molecule has 0 aromatic heterocycles. The van der Waals surface area contributed by atoms with Crippen LogP contribution < -0.4 is 16.0 Å². The normalized spacial score (nSPS) is 16.3. The predicted molar refractivity (Wildman–Crippen MR) is 74.6 cm³/mol. The second-order valence-electron chi connectivity index (χ2n) is 5.88. The molecule has 1 amide bonds. The lowest BCUT2D eigenvalue weighted by Gasteiger charge is -2.21. The summed E-state index contributed by atoms with van der Waals surface area (Å²) in [5, 5.41) is 9.13. The van der Waals surface area contributed by atoms with E-state index in [0.717, 1.165) is 12.5 Å². The molecule has 0 aromatic carbocycles. The van der Waals surface area contributed by atoms with Crippen molar-refractivity contribution in [3.8, 4) is 0 Å². The minimum Gasteiger partial charge on any atom is -0.356 e. The number of guanidine groups is 1. The van der Waals surface area contributed by atoms with E-state index in [-0.39, 0.29) is 18.0 Å². The van der Waals surface area contributed by atoms with Gasteiger partial charge in [0, 0.05) is 19.1 Å². The second kappa shape index (κ2) is 6.61. The van der Waals surface area contributed by atoms with E-state index >= 15 is 0 Å². The fourth-order valence-corrected chi connectivity index (χ4v) is 1.65. The van der Waals surface area contributed by atoms with E-state index in [1.165, 1.54) is 19.3 Å². The Hall–Kier alpha value is -1.26. The van der Waals surface area contributed by atoms with Crippen LogP contribution in [0.25, 0.3) is 0 Å². The Morgan fingerprint density at radius 3 is 2.44 bits per heavy atom. The molecule has 1 aliphatic rings. The van der Waals surface area contributed by atoms with Gasteiger partial charge in [-0.2, -0.15) is 0 Å². The molecule has 1 fully saturated rings. The van der Waals surface area contributed by atoms with E-state index in [1.807, 2.05) is 20.8 Å². The topological polar surface area (TPSA) is 65.5 Å². The minimum absolute atomic E-state index is 0.0207. The van der Waals surface area contributed by atoms with Crippen LogP contribution in [0.15, 0.2) is 4.99 Å². The van der Waals surface area contributed by atoms with Crippen molar-refractivity contribution in [2.24, 2.45) is 10.9 Å². The molecule has 0 aliphatic heterocycles. The summed E-state index contributed by atoms with van der Waals surface area (Å²) < 4.78 is 0. The highest BCUT2D eigenvalue weighted by atomic mass is 16.2. The van der Waals surface area contributed by atoms with Crippen molar-refractivity contribution < 1.29 is 4.79 Å². The van der Waals surface area contributed by atoms with E-state index in [9.17, 15) is 4.79 Å². The van der Waals surface area contributed by atoms with Crippen LogP contribution in [0, 0.1) is 5.92 Å². The first kappa shape index (κ1) is 14.8. The van der Waals surface area contributed by atoms with Gasteiger partial charge in [0.15, 0.2) is 5.96 Å². The molecule has 1 aliphatic carbocycles. The zero-order valence-corrected chi connectivity index (χ0v) is 12.0. The van der Waals surface area contributed by atoms with Gasteiger partial charge in [0.1, 0.15) is 0 Å². The third-order valence-corrected chi connectivity index (χ3v) is 2.70. The number of amides is 1. The summed E-state index contributed by atoms with van der Waals surface area (Å²) in [6.45, 7) is 7.07. The van der Waals surface area contributed by atoms with Gasteiger partial charge in [-0.05, 0) is 33.1 Å². The van der Waals surface area contributed by atoms with E-state index in [4.69, 9.17) is 0 Å². The minimum atomic E-state index is -0.193. The Morgan fingerprint density at radius 2 is 1.94 bits per heavy atom. The maximum atomic E-state index is 11.6. The quantitative estimate of drug-likeness (QED) is 0.504. The lowest BCUT2D eigenvalue weighted by molar-refractivity contribution is -0.121. The fraction of sp³-hybridized carbons (Fsp3) is 0.846. The number of hydrogen-bond acceptors (Lipinski definition) is 2. The van der Waals surface area contributed by atoms with Crippen molar-refractivity contribution in [1.29, 1.82) is 0 Å². The molecule has 0 bridgehead atoms. The van der Waals surface area contributed by atoms with Gasteiger partial charge in [0.25, 0.3) is 0 Å². The fourth-order valence-electron chi connectivity index (χ4n) is 1.65. The van der Waals surface area contributed by atoms with E-state index in [1.54, 1.807) is 7.05 Å². The molecule has 18 heavy (non-hydrogen) atoms. The lowest BCUT2D eigenvalue weighted by atomic mass is 10.1. The summed E-state index contributed by atoms with van der Waals surface area (Å²) >= 11 is 0. The monoisotopic (exact) mass is 254 g/mol. The van der Waals surface area contributed by atoms with Gasteiger partial charge in [-0.25, -0.2) is 0 Å². The number of aliphatic imine (C=N–C) groups is 1. The first-order chi connectivity index (χ1) is 8.40. The predicted octanol–water partition coefficient (Wildman–Crippen LogP) is 0.866. The van der Waals surface area contributed by atoms with Crippen molar-refractivity contribution in [2.45, 2.75) is 45.6 Å². The molecule has 0 saturated heterocycles. The Morgan fingerprint density at radius 1 is 1.28 bits per heavy atom. The van der Waals surface area contributed by atoms with Crippen LogP contribution in [0.1, 0.15) is 40.0 Å². The number of rotatable bonds is 5. The van der Waals surface area contributed by atoms with Gasteiger partial charge in [0.05, 0.1) is 6.54 Å². The van der Waals surface area contributed by atoms with Crippen molar-refractivity contribution in [2.75, 3.05) is 20.1 Å². The molecule has 0 radical (unpaired) electrons. The second-order valence-corrected chi connectivity index (χ2v) is 5.88. The van der Waals surface area contributed by atoms with Crippen LogP contribution in [0.5, 0.6) is 0 Å². The molecule has 5 heteroatoms. The zero-order valence-electron chi connectivity index (χ0n) is 12.0. The molecule has 0 aromatic rings. The molecule has 3 N–H and O–H groups in total. The van der Waals surface area contributed by atoms with Gasteiger partial charge < -0.3 is 16.0 Å². The van der Waals surface area contributed by atoms with Crippen molar-refractivity contribution >= 4 is 11.9 Å². The van der Waals surface area contributed by atoms with Crippen molar-refractivity contribution in [3.63, 3.8) is 0 Å². The number of hydrogen-bond donors (Lipinski definition) is 3. The van der Waals surface area contributed by atoms with Gasteiger partial charge in [0.2, 0.25) is 5.91 Å². The molecule has 1 rings (SSSR count). The van der Waals surface area contributed by atoms with Gasteiger partial charge in [-0.1, -0.05) is 12.8 Å². The molecule has 0 unspecified atom stereocenters. The summed E-state index contributed by atoms with van der Waals surface area (Å²) in [6, 6.07) is 0. The number of nitrogens with zero attached hydrogens (tertiary/aromatic N) is 1. The Bertz CT molecular complexity index is 303. The number of nitrogens with one attached hydrogen (secondary N) is 3. The molecule has 0 spiro atoms. The van der Waals surface area contributed by atoms with Gasteiger partial charge in [-0.15, -0.1) is 0 Å². The summed E-state index contributed by atoms with van der Waals surface area (Å²) in [4.78, 5) is 15.7. The Labute approximate surface area is 110 Å². The first-order valence-electron chi connectivity index (χ1n) is 6.66. The largest absolute Gasteiger partial charge is 0.356 e. The SMILES string of the molecule is CN=C(NCCC1CC1)NCC(=O)NC(C)(C)C. The van der Waals surface area contributed by atoms with Gasteiger partial charge >= 0.3 is 0 Å². The molecular weight excluding hydrogens is 228 g/mol. The molecule has 5 nitrogen and oxygen atoms in total. The Balaban J connectivity index is 2.15. The third kappa shape index (κ3) is 7.14. The molecule has 1 saturated carbocycles. The van der Waals surface area contributed by atoms with E-state index < -0.39 is 0 Å². The van der Waals surface area contributed by atoms with Crippen molar-refractivity contribution in [1.82, 2.24) is 16.0 Å². The van der Waals surface area contributed by atoms with Crippen LogP contribution in [-0.2, 0) is 4.79 Å². The molecule has 0 atom stereocenters. The zero-order chi connectivity index (χ0) is 13.6. The van der Waals surface area contributed by atoms with E-state index in [2.05, 4.69) is 20.9 Å². The summed E-state index contributed by atoms with van der Waals surface area (Å²) in [7, 11) is 1.72. The van der Waals surface area contributed by atoms with Crippen LogP contribution in [0.4, 0.5) is 0 Å². The van der Waals surface area contributed by atoms with Gasteiger partial charge in [-0.3, -0.25) is 9.79 Å². The van der Waals surface area contributed by atoms with Crippen LogP contribution in [-0.4, -0.2) is 37.5 Å².